The maximum Gasteiger partial charge on any atom is 0.353 e. The minimum absolute atomic E-state index is 0.0926. The monoisotopic (exact) mass is 332 g/mol. The van der Waals surface area contributed by atoms with Crippen LogP contribution >= 0.6 is 11.8 Å². The van der Waals surface area contributed by atoms with Crippen LogP contribution in [0.15, 0.2) is 35.7 Å². The third-order valence-electron chi connectivity index (χ3n) is 3.68. The van der Waals surface area contributed by atoms with E-state index in [9.17, 15) is 10.1 Å². The van der Waals surface area contributed by atoms with Crippen molar-refractivity contribution in [1.29, 1.82) is 0 Å². The molecule has 1 aliphatic heterocycles. The van der Waals surface area contributed by atoms with E-state index in [1.807, 2.05) is 23.1 Å². The lowest BCUT2D eigenvalue weighted by atomic mass is 10.1. The Bertz CT molecular complexity index is 691. The highest BCUT2D eigenvalue weighted by atomic mass is 32.2. The van der Waals surface area contributed by atoms with E-state index >= 15 is 0 Å². The van der Waals surface area contributed by atoms with Crippen LogP contribution in [0.5, 0.6) is 0 Å². The van der Waals surface area contributed by atoms with Crippen LogP contribution in [0.1, 0.15) is 12.8 Å². The summed E-state index contributed by atoms with van der Waals surface area (Å²) in [6.07, 6.45) is 4.86. The van der Waals surface area contributed by atoms with Crippen LogP contribution in [0.4, 0.5) is 17.3 Å². The minimum atomic E-state index is -0.514. The number of aromatic nitrogens is 3. The molecule has 1 aliphatic rings. The lowest BCUT2D eigenvalue weighted by Crippen LogP contribution is -2.36. The van der Waals surface area contributed by atoms with Gasteiger partial charge in [0.25, 0.3) is 0 Å². The average molecular weight is 332 g/mol. The lowest BCUT2D eigenvalue weighted by Gasteiger charge is -2.31. The number of nitrogens with two attached hydrogens (primary N) is 1. The van der Waals surface area contributed by atoms with E-state index < -0.39 is 4.92 Å². The summed E-state index contributed by atoms with van der Waals surface area (Å²) in [5, 5.41) is 12.6. The van der Waals surface area contributed by atoms with Crippen molar-refractivity contribution in [2.75, 3.05) is 23.7 Å². The first-order chi connectivity index (χ1) is 11.1. The normalized spacial score (nSPS) is 15.6. The molecule has 0 spiro atoms. The van der Waals surface area contributed by atoms with Crippen LogP contribution in [0, 0.1) is 10.1 Å². The van der Waals surface area contributed by atoms with Gasteiger partial charge in [0.2, 0.25) is 11.6 Å². The molecule has 2 aromatic heterocycles. The quantitative estimate of drug-likeness (QED) is 0.669. The molecule has 2 N–H and O–H groups in total. The Labute approximate surface area is 137 Å². The van der Waals surface area contributed by atoms with Gasteiger partial charge in [-0.3, -0.25) is 10.1 Å². The fraction of sp³-hybridized carbons (Fsp3) is 0.357. The van der Waals surface area contributed by atoms with Crippen molar-refractivity contribution in [2.24, 2.45) is 0 Å². The molecule has 8 nitrogen and oxygen atoms in total. The summed E-state index contributed by atoms with van der Waals surface area (Å²) >= 11 is 1.75. The zero-order chi connectivity index (χ0) is 16.2. The van der Waals surface area contributed by atoms with Crippen molar-refractivity contribution in [2.45, 2.75) is 23.1 Å². The van der Waals surface area contributed by atoms with Gasteiger partial charge in [0.15, 0.2) is 0 Å². The first-order valence-electron chi connectivity index (χ1n) is 7.22. The predicted octanol–water partition coefficient (Wildman–Crippen LogP) is 2.12. The number of rotatable bonds is 4. The standard InChI is InChI=1S/C14H16N6O2S/c15-13-12(20(21)22)14(18-9-17-13)19-7-4-10(5-8-19)23-11-3-1-2-6-16-11/h1-3,6,9-10H,4-5,7-8H2,(H2,15,17,18). The molecule has 0 radical (unpaired) electrons. The van der Waals surface area contributed by atoms with E-state index in [1.165, 1.54) is 6.33 Å². The zero-order valence-electron chi connectivity index (χ0n) is 12.3. The molecule has 0 amide bonds. The number of anilines is 2. The van der Waals surface area contributed by atoms with Gasteiger partial charge in [0.1, 0.15) is 6.33 Å². The highest BCUT2D eigenvalue weighted by Crippen LogP contribution is 2.34. The summed E-state index contributed by atoms with van der Waals surface area (Å²) in [7, 11) is 0. The number of hydrogen-bond acceptors (Lipinski definition) is 8. The van der Waals surface area contributed by atoms with Crippen molar-refractivity contribution in [1.82, 2.24) is 15.0 Å². The number of nitro groups is 1. The molecule has 0 bridgehead atoms. The third kappa shape index (κ3) is 3.50. The smallest absolute Gasteiger partial charge is 0.353 e. The molecule has 1 saturated heterocycles. The van der Waals surface area contributed by atoms with Crippen molar-refractivity contribution in [3.8, 4) is 0 Å². The number of thioether (sulfide) groups is 1. The number of hydrogen-bond donors (Lipinski definition) is 1. The van der Waals surface area contributed by atoms with Crippen molar-refractivity contribution < 1.29 is 4.92 Å². The number of nitrogens with zero attached hydrogens (tertiary/aromatic N) is 5. The molecule has 3 rings (SSSR count). The largest absolute Gasteiger partial charge is 0.378 e. The summed E-state index contributed by atoms with van der Waals surface area (Å²) < 4.78 is 0. The SMILES string of the molecule is Nc1ncnc(N2CCC(Sc3ccccn3)CC2)c1[N+](=O)[O-]. The van der Waals surface area contributed by atoms with Crippen LogP contribution in [0.2, 0.25) is 0 Å². The topological polar surface area (TPSA) is 111 Å². The van der Waals surface area contributed by atoms with Crippen LogP contribution < -0.4 is 10.6 Å². The van der Waals surface area contributed by atoms with Crippen LogP contribution in [-0.2, 0) is 0 Å². The predicted molar refractivity (Wildman–Crippen MR) is 88.4 cm³/mol. The van der Waals surface area contributed by atoms with Crippen molar-refractivity contribution >= 4 is 29.1 Å². The van der Waals surface area contributed by atoms with E-state index in [-0.39, 0.29) is 11.5 Å². The van der Waals surface area contributed by atoms with Gasteiger partial charge in [0, 0.05) is 24.5 Å². The summed E-state index contributed by atoms with van der Waals surface area (Å²) in [6.45, 7) is 1.39. The molecule has 0 aliphatic carbocycles. The fourth-order valence-electron chi connectivity index (χ4n) is 2.56. The second kappa shape index (κ2) is 6.78. The highest BCUT2D eigenvalue weighted by molar-refractivity contribution is 7.99. The first-order valence-corrected chi connectivity index (χ1v) is 8.10. The molecule has 120 valence electrons. The molecule has 0 atom stereocenters. The highest BCUT2D eigenvalue weighted by Gasteiger charge is 2.29. The maximum absolute atomic E-state index is 11.2. The Morgan fingerprint density at radius 1 is 1.26 bits per heavy atom. The number of nitrogen functional groups attached to an aromatic ring is 1. The number of piperidine rings is 1. The Morgan fingerprint density at radius 3 is 2.70 bits per heavy atom. The molecule has 9 heteroatoms. The molecule has 0 unspecified atom stereocenters. The van der Waals surface area contributed by atoms with E-state index in [4.69, 9.17) is 5.73 Å². The molecule has 0 saturated carbocycles. The van der Waals surface area contributed by atoms with E-state index in [2.05, 4.69) is 15.0 Å². The Morgan fingerprint density at radius 2 is 2.04 bits per heavy atom. The molecule has 0 aromatic carbocycles. The van der Waals surface area contributed by atoms with Crippen LogP contribution in [-0.4, -0.2) is 38.2 Å². The Kier molecular flexibility index (Phi) is 4.56. The van der Waals surface area contributed by atoms with Gasteiger partial charge < -0.3 is 10.6 Å². The zero-order valence-corrected chi connectivity index (χ0v) is 13.1. The first kappa shape index (κ1) is 15.5. The maximum atomic E-state index is 11.2. The molecule has 2 aromatic rings. The molecular weight excluding hydrogens is 316 g/mol. The van der Waals surface area contributed by atoms with Crippen molar-refractivity contribution in [3.05, 3.63) is 40.8 Å². The molecule has 23 heavy (non-hydrogen) atoms. The third-order valence-corrected chi connectivity index (χ3v) is 4.97. The van der Waals surface area contributed by atoms with Crippen LogP contribution in [0.25, 0.3) is 0 Å². The van der Waals surface area contributed by atoms with Crippen LogP contribution in [0.3, 0.4) is 0 Å². The molecular formula is C14H16N6O2S. The summed E-state index contributed by atoms with van der Waals surface area (Å²) in [6, 6.07) is 5.86. The van der Waals surface area contributed by atoms with E-state index in [0.717, 1.165) is 17.9 Å². The van der Waals surface area contributed by atoms with Gasteiger partial charge in [-0.1, -0.05) is 6.07 Å². The molecule has 1 fully saturated rings. The fourth-order valence-corrected chi connectivity index (χ4v) is 3.63. The van der Waals surface area contributed by atoms with Gasteiger partial charge in [-0.25, -0.2) is 15.0 Å². The van der Waals surface area contributed by atoms with Gasteiger partial charge in [-0.05, 0) is 25.0 Å². The van der Waals surface area contributed by atoms with Gasteiger partial charge in [-0.15, -0.1) is 11.8 Å². The average Bonchev–Trinajstić information content (AvgIpc) is 2.56. The molecule has 3 heterocycles. The minimum Gasteiger partial charge on any atom is -0.378 e. The number of pyridine rings is 1. The van der Waals surface area contributed by atoms with Gasteiger partial charge in [-0.2, -0.15) is 0 Å². The Hall–Kier alpha value is -2.42. The second-order valence-corrected chi connectivity index (χ2v) is 6.48. The summed E-state index contributed by atoms with van der Waals surface area (Å²) in [5.41, 5.74) is 5.42. The van der Waals surface area contributed by atoms with Gasteiger partial charge in [0.05, 0.1) is 9.95 Å². The van der Waals surface area contributed by atoms with E-state index in [1.54, 1.807) is 18.0 Å². The summed E-state index contributed by atoms with van der Waals surface area (Å²) in [5.74, 6) is 0.216. The van der Waals surface area contributed by atoms with Crippen molar-refractivity contribution in [3.63, 3.8) is 0 Å². The van der Waals surface area contributed by atoms with E-state index in [0.29, 0.717) is 24.2 Å². The second-order valence-electron chi connectivity index (χ2n) is 5.16. The summed E-state index contributed by atoms with van der Waals surface area (Å²) in [4.78, 5) is 24.7. The lowest BCUT2D eigenvalue weighted by molar-refractivity contribution is -0.383. The Balaban J connectivity index is 1.68. The van der Waals surface area contributed by atoms with Gasteiger partial charge >= 0.3 is 5.69 Å².